The summed E-state index contributed by atoms with van der Waals surface area (Å²) in [5.74, 6) is 1.51. The predicted octanol–water partition coefficient (Wildman–Crippen LogP) is 4.55. The highest BCUT2D eigenvalue weighted by Gasteiger charge is 2.09. The second-order valence-corrected chi connectivity index (χ2v) is 4.94. The van der Waals surface area contributed by atoms with Crippen molar-refractivity contribution in [1.82, 2.24) is 9.97 Å². The first-order valence-corrected chi connectivity index (χ1v) is 6.42. The lowest BCUT2D eigenvalue weighted by molar-refractivity contribution is 0.415. The molecule has 3 rings (SSSR count). The second kappa shape index (κ2) is 4.76. The first kappa shape index (κ1) is 12.3. The van der Waals surface area contributed by atoms with Gasteiger partial charge in [-0.05, 0) is 24.3 Å². The van der Waals surface area contributed by atoms with Gasteiger partial charge in [-0.3, -0.25) is 0 Å². The molecule has 0 fully saturated rings. The van der Waals surface area contributed by atoms with Crippen molar-refractivity contribution < 1.29 is 4.74 Å². The maximum atomic E-state index is 6.13. The number of H-pyrrole nitrogens is 1. The zero-order valence-electron chi connectivity index (χ0n) is 10.1. The summed E-state index contributed by atoms with van der Waals surface area (Å²) in [5.41, 5.74) is 2.46. The largest absolute Gasteiger partial charge is 0.497 e. The Kier molecular flexibility index (Phi) is 3.09. The fourth-order valence-electron chi connectivity index (χ4n) is 1.95. The molecule has 0 atom stereocenters. The third kappa shape index (κ3) is 2.27. The first-order valence-electron chi connectivity index (χ1n) is 5.66. The van der Waals surface area contributed by atoms with E-state index in [0.717, 1.165) is 22.7 Å². The zero-order chi connectivity index (χ0) is 13.4. The maximum absolute atomic E-state index is 6.13. The van der Waals surface area contributed by atoms with Gasteiger partial charge in [-0.2, -0.15) is 0 Å². The van der Waals surface area contributed by atoms with Crippen LogP contribution in [0.2, 0.25) is 10.0 Å². The van der Waals surface area contributed by atoms with Crippen LogP contribution >= 0.6 is 23.2 Å². The van der Waals surface area contributed by atoms with E-state index < -0.39 is 0 Å². The van der Waals surface area contributed by atoms with Gasteiger partial charge in [-0.15, -0.1) is 0 Å². The number of benzene rings is 2. The molecule has 0 aliphatic heterocycles. The van der Waals surface area contributed by atoms with Crippen LogP contribution in [-0.2, 0) is 0 Å². The first-order chi connectivity index (χ1) is 9.17. The molecule has 96 valence electrons. The lowest BCUT2D eigenvalue weighted by atomic mass is 10.2. The van der Waals surface area contributed by atoms with E-state index in [2.05, 4.69) is 9.97 Å². The van der Waals surface area contributed by atoms with E-state index >= 15 is 0 Å². The minimum atomic E-state index is 0.535. The highest BCUT2D eigenvalue weighted by atomic mass is 35.5. The number of methoxy groups -OCH3 is 1. The van der Waals surface area contributed by atoms with Gasteiger partial charge >= 0.3 is 0 Å². The van der Waals surface area contributed by atoms with E-state index in [1.807, 2.05) is 24.3 Å². The molecule has 0 bridgehead atoms. The lowest BCUT2D eigenvalue weighted by Crippen LogP contribution is -1.84. The Balaban J connectivity index is 2.17. The molecular weight excluding hydrogens is 283 g/mol. The normalized spacial score (nSPS) is 10.9. The van der Waals surface area contributed by atoms with E-state index in [1.165, 1.54) is 0 Å². The molecule has 19 heavy (non-hydrogen) atoms. The van der Waals surface area contributed by atoms with Crippen molar-refractivity contribution in [2.24, 2.45) is 0 Å². The molecule has 0 aliphatic rings. The Morgan fingerprint density at radius 1 is 1.16 bits per heavy atom. The summed E-state index contributed by atoms with van der Waals surface area (Å²) in [6, 6.07) is 11.1. The standard InChI is InChI=1S/C14H10Cl2N2O/c1-19-10-4-2-3-8(5-10)14-17-12-7-9(15)6-11(16)13(12)18-14/h2-7H,1H3,(H,17,18). The van der Waals surface area contributed by atoms with Crippen molar-refractivity contribution in [3.05, 3.63) is 46.4 Å². The number of hydrogen-bond acceptors (Lipinski definition) is 2. The topological polar surface area (TPSA) is 37.9 Å². The van der Waals surface area contributed by atoms with Crippen LogP contribution in [-0.4, -0.2) is 17.1 Å². The van der Waals surface area contributed by atoms with E-state index in [-0.39, 0.29) is 0 Å². The maximum Gasteiger partial charge on any atom is 0.138 e. The highest BCUT2D eigenvalue weighted by molar-refractivity contribution is 6.38. The smallest absolute Gasteiger partial charge is 0.138 e. The number of imidazole rings is 1. The highest BCUT2D eigenvalue weighted by Crippen LogP contribution is 2.29. The number of ether oxygens (including phenoxy) is 1. The molecule has 1 N–H and O–H groups in total. The SMILES string of the molecule is COc1cccc(-c2nc3c(Cl)cc(Cl)cc3[nH]2)c1. The molecule has 0 radical (unpaired) electrons. The minimum Gasteiger partial charge on any atom is -0.497 e. The minimum absolute atomic E-state index is 0.535. The molecule has 0 saturated carbocycles. The third-order valence-corrected chi connectivity index (χ3v) is 3.35. The van der Waals surface area contributed by atoms with E-state index in [9.17, 15) is 0 Å². The summed E-state index contributed by atoms with van der Waals surface area (Å²) < 4.78 is 5.20. The summed E-state index contributed by atoms with van der Waals surface area (Å²) >= 11 is 12.1. The van der Waals surface area contributed by atoms with Gasteiger partial charge in [0.05, 0.1) is 17.6 Å². The molecule has 1 heterocycles. The van der Waals surface area contributed by atoms with Crippen LogP contribution in [0.1, 0.15) is 0 Å². The summed E-state index contributed by atoms with van der Waals surface area (Å²) in [4.78, 5) is 7.71. The molecule has 0 unspecified atom stereocenters. The number of fused-ring (bicyclic) bond motifs is 1. The molecular formula is C14H10Cl2N2O. The van der Waals surface area contributed by atoms with Crippen LogP contribution in [0.4, 0.5) is 0 Å². The van der Waals surface area contributed by atoms with Crippen molar-refractivity contribution in [3.8, 4) is 17.1 Å². The quantitative estimate of drug-likeness (QED) is 0.753. The Hall–Kier alpha value is -1.71. The molecule has 0 saturated heterocycles. The summed E-state index contributed by atoms with van der Waals surface area (Å²) in [5, 5.41) is 1.12. The van der Waals surface area contributed by atoms with Crippen molar-refractivity contribution in [2.45, 2.75) is 0 Å². The Bertz CT molecular complexity index is 752. The Morgan fingerprint density at radius 2 is 2.00 bits per heavy atom. The predicted molar refractivity (Wildman–Crippen MR) is 78.1 cm³/mol. The van der Waals surface area contributed by atoms with Crippen LogP contribution in [0.25, 0.3) is 22.4 Å². The van der Waals surface area contributed by atoms with Gasteiger partial charge in [0.1, 0.15) is 17.1 Å². The average molecular weight is 293 g/mol. The number of nitrogens with zero attached hydrogens (tertiary/aromatic N) is 1. The number of nitrogens with one attached hydrogen (secondary N) is 1. The summed E-state index contributed by atoms with van der Waals surface area (Å²) in [7, 11) is 1.63. The van der Waals surface area contributed by atoms with Crippen LogP contribution < -0.4 is 4.74 Å². The fraction of sp³-hybridized carbons (Fsp3) is 0.0714. The second-order valence-electron chi connectivity index (χ2n) is 4.10. The van der Waals surface area contributed by atoms with Crippen molar-refractivity contribution in [1.29, 1.82) is 0 Å². The van der Waals surface area contributed by atoms with Crippen molar-refractivity contribution >= 4 is 34.2 Å². The van der Waals surface area contributed by atoms with Crippen LogP contribution in [0.5, 0.6) is 5.75 Å². The van der Waals surface area contributed by atoms with Crippen molar-refractivity contribution in [3.63, 3.8) is 0 Å². The molecule has 1 aromatic heterocycles. The van der Waals surface area contributed by atoms with E-state index in [0.29, 0.717) is 15.6 Å². The number of halogens is 2. The van der Waals surface area contributed by atoms with Gasteiger partial charge < -0.3 is 9.72 Å². The monoisotopic (exact) mass is 292 g/mol. The molecule has 0 amide bonds. The summed E-state index contributed by atoms with van der Waals surface area (Å²) in [6.07, 6.45) is 0. The van der Waals surface area contributed by atoms with Gasteiger partial charge in [-0.25, -0.2) is 4.98 Å². The molecule has 2 aromatic carbocycles. The third-order valence-electron chi connectivity index (χ3n) is 2.85. The summed E-state index contributed by atoms with van der Waals surface area (Å²) in [6.45, 7) is 0. The number of rotatable bonds is 2. The van der Waals surface area contributed by atoms with Gasteiger partial charge in [0.2, 0.25) is 0 Å². The van der Waals surface area contributed by atoms with Crippen LogP contribution in [0.3, 0.4) is 0 Å². The van der Waals surface area contributed by atoms with Gasteiger partial charge in [0.25, 0.3) is 0 Å². The average Bonchev–Trinajstić information content (AvgIpc) is 2.83. The zero-order valence-corrected chi connectivity index (χ0v) is 11.6. The lowest BCUT2D eigenvalue weighted by Gasteiger charge is -2.01. The van der Waals surface area contributed by atoms with Gasteiger partial charge in [0.15, 0.2) is 0 Å². The Labute approximate surface area is 120 Å². The van der Waals surface area contributed by atoms with E-state index in [4.69, 9.17) is 27.9 Å². The number of aromatic amines is 1. The van der Waals surface area contributed by atoms with Crippen LogP contribution in [0, 0.1) is 0 Å². The van der Waals surface area contributed by atoms with Gasteiger partial charge in [-0.1, -0.05) is 35.3 Å². The van der Waals surface area contributed by atoms with Crippen LogP contribution in [0.15, 0.2) is 36.4 Å². The molecule has 3 aromatic rings. The van der Waals surface area contributed by atoms with Gasteiger partial charge in [0, 0.05) is 10.6 Å². The fourth-order valence-corrected chi connectivity index (χ4v) is 2.48. The molecule has 0 aliphatic carbocycles. The Morgan fingerprint density at radius 3 is 2.79 bits per heavy atom. The molecule has 5 heteroatoms. The number of hydrogen-bond donors (Lipinski definition) is 1. The number of aromatic nitrogens is 2. The van der Waals surface area contributed by atoms with E-state index in [1.54, 1.807) is 19.2 Å². The molecule has 3 nitrogen and oxygen atoms in total. The van der Waals surface area contributed by atoms with Crippen molar-refractivity contribution in [2.75, 3.05) is 7.11 Å². The molecule has 0 spiro atoms.